The average molecular weight is 535 g/mol. The van der Waals surface area contributed by atoms with Gasteiger partial charge in [-0.15, -0.1) is 24.0 Å². The van der Waals surface area contributed by atoms with Crippen LogP contribution in [0.5, 0.6) is 17.2 Å². The molecule has 2 aromatic rings. The van der Waals surface area contributed by atoms with Crippen LogP contribution in [0.2, 0.25) is 0 Å². The predicted molar refractivity (Wildman–Crippen MR) is 124 cm³/mol. The molecule has 0 aliphatic carbocycles. The summed E-state index contributed by atoms with van der Waals surface area (Å²) in [5.41, 5.74) is 2.55. The van der Waals surface area contributed by atoms with Crippen molar-refractivity contribution in [2.45, 2.75) is 33.5 Å². The first-order valence-electron chi connectivity index (χ1n) is 9.25. The van der Waals surface area contributed by atoms with E-state index in [9.17, 15) is 8.78 Å². The highest BCUT2D eigenvalue weighted by atomic mass is 127. The van der Waals surface area contributed by atoms with Gasteiger partial charge in [0, 0.05) is 25.7 Å². The number of nitrogens with zero attached hydrogens (tertiary/aromatic N) is 1. The van der Waals surface area contributed by atoms with E-state index in [2.05, 4.69) is 20.4 Å². The number of halogens is 3. The molecule has 30 heavy (non-hydrogen) atoms. The molecule has 0 saturated heterocycles. The smallest absolute Gasteiger partial charge is 0.387 e. The highest BCUT2D eigenvalue weighted by Crippen LogP contribution is 2.28. The van der Waals surface area contributed by atoms with Crippen LogP contribution in [-0.2, 0) is 13.1 Å². The Hall–Kier alpha value is -2.30. The third-order valence-corrected chi connectivity index (χ3v) is 4.09. The van der Waals surface area contributed by atoms with Crippen molar-refractivity contribution < 1.29 is 23.0 Å². The summed E-state index contributed by atoms with van der Waals surface area (Å²) >= 11 is 0. The number of hydrogen-bond acceptors (Lipinski definition) is 4. The molecule has 0 fully saturated rings. The number of aryl methyl sites for hydroxylation is 1. The highest BCUT2D eigenvalue weighted by Gasteiger charge is 2.11. The van der Waals surface area contributed by atoms with Gasteiger partial charge < -0.3 is 24.8 Å². The summed E-state index contributed by atoms with van der Waals surface area (Å²) in [6.07, 6.45) is 0. The second-order valence-corrected chi connectivity index (χ2v) is 6.19. The van der Waals surface area contributed by atoms with Crippen LogP contribution in [0.15, 0.2) is 41.4 Å². The Morgan fingerprint density at radius 3 is 2.37 bits per heavy atom. The Bertz CT molecular complexity index is 835. The number of aliphatic imine (C=N–C) groups is 1. The molecule has 0 heterocycles. The fraction of sp³-hybridized carbons (Fsp3) is 0.381. The van der Waals surface area contributed by atoms with Crippen LogP contribution in [0.3, 0.4) is 0 Å². The van der Waals surface area contributed by atoms with E-state index in [1.54, 1.807) is 32.4 Å². The molecule has 0 unspecified atom stereocenters. The number of hydrogen-bond donors (Lipinski definition) is 2. The quantitative estimate of drug-likeness (QED) is 0.282. The summed E-state index contributed by atoms with van der Waals surface area (Å²) in [7, 11) is 3.23. The molecule has 0 aliphatic heterocycles. The largest absolute Gasteiger partial charge is 0.493 e. The van der Waals surface area contributed by atoms with Gasteiger partial charge in [-0.1, -0.05) is 23.8 Å². The van der Waals surface area contributed by atoms with Gasteiger partial charge in [-0.05, 0) is 37.6 Å². The van der Waals surface area contributed by atoms with E-state index < -0.39 is 6.61 Å². The van der Waals surface area contributed by atoms with Gasteiger partial charge >= 0.3 is 6.61 Å². The van der Waals surface area contributed by atoms with Gasteiger partial charge in [0.05, 0.1) is 13.7 Å². The topological polar surface area (TPSA) is 64.1 Å². The number of nitrogens with one attached hydrogen (secondary N) is 2. The van der Waals surface area contributed by atoms with Crippen molar-refractivity contribution in [1.82, 2.24) is 10.6 Å². The third kappa shape index (κ3) is 7.85. The molecule has 166 valence electrons. The number of methoxy groups -OCH3 is 1. The van der Waals surface area contributed by atoms with E-state index in [4.69, 9.17) is 9.47 Å². The summed E-state index contributed by atoms with van der Waals surface area (Å²) in [6, 6.07) is 10.8. The lowest BCUT2D eigenvalue weighted by Crippen LogP contribution is -2.36. The molecule has 0 spiro atoms. The molecule has 0 aromatic heterocycles. The summed E-state index contributed by atoms with van der Waals surface area (Å²) in [5, 5.41) is 6.30. The molecule has 0 radical (unpaired) electrons. The maximum atomic E-state index is 12.6. The summed E-state index contributed by atoms with van der Waals surface area (Å²) in [6.45, 7) is 2.27. The third-order valence-electron chi connectivity index (χ3n) is 4.09. The normalized spacial score (nSPS) is 11.0. The highest BCUT2D eigenvalue weighted by molar-refractivity contribution is 14.0. The Kier molecular flexibility index (Phi) is 11.2. The van der Waals surface area contributed by atoms with Crippen LogP contribution in [0.25, 0.3) is 0 Å². The van der Waals surface area contributed by atoms with E-state index >= 15 is 0 Å². The van der Waals surface area contributed by atoms with Crippen molar-refractivity contribution in [1.29, 1.82) is 0 Å². The monoisotopic (exact) mass is 535 g/mol. The molecule has 0 bridgehead atoms. The van der Waals surface area contributed by atoms with Crippen LogP contribution in [-0.4, -0.2) is 33.3 Å². The molecule has 6 nitrogen and oxygen atoms in total. The van der Waals surface area contributed by atoms with Crippen LogP contribution in [0.1, 0.15) is 23.6 Å². The van der Waals surface area contributed by atoms with Crippen LogP contribution >= 0.6 is 24.0 Å². The Morgan fingerprint density at radius 1 is 1.03 bits per heavy atom. The molecule has 2 rings (SSSR count). The second-order valence-electron chi connectivity index (χ2n) is 6.19. The van der Waals surface area contributed by atoms with Gasteiger partial charge in [0.15, 0.2) is 17.5 Å². The zero-order valence-electron chi connectivity index (χ0n) is 17.5. The lowest BCUT2D eigenvalue weighted by Gasteiger charge is -2.16. The van der Waals surface area contributed by atoms with E-state index in [0.717, 1.165) is 11.1 Å². The van der Waals surface area contributed by atoms with Crippen molar-refractivity contribution in [2.75, 3.05) is 20.8 Å². The van der Waals surface area contributed by atoms with Crippen molar-refractivity contribution in [3.05, 3.63) is 53.1 Å². The lowest BCUT2D eigenvalue weighted by atomic mass is 10.1. The number of benzene rings is 2. The second kappa shape index (κ2) is 13.1. The lowest BCUT2D eigenvalue weighted by molar-refractivity contribution is -0.0504. The van der Waals surface area contributed by atoms with Gasteiger partial charge in [-0.25, -0.2) is 0 Å². The molecule has 2 N–H and O–H groups in total. The standard InChI is InChI=1S/C21H27F2N3O3.HI/c1-5-28-18-9-7-15(11-19(18)27-4)12-25-21(24-3)26-13-16-10-14(2)6-8-17(16)29-20(22)23;/h6-11,20H,5,12-13H2,1-4H3,(H2,24,25,26);1H. The Labute approximate surface area is 193 Å². The summed E-state index contributed by atoms with van der Waals surface area (Å²) in [4.78, 5) is 4.17. The van der Waals surface area contributed by atoms with Crippen molar-refractivity contribution in [3.8, 4) is 17.2 Å². The van der Waals surface area contributed by atoms with Gasteiger partial charge in [0.2, 0.25) is 0 Å². The Morgan fingerprint density at radius 2 is 1.73 bits per heavy atom. The predicted octanol–water partition coefficient (Wildman–Crippen LogP) is 4.49. The summed E-state index contributed by atoms with van der Waals surface area (Å²) < 4.78 is 40.7. The maximum Gasteiger partial charge on any atom is 0.387 e. The van der Waals surface area contributed by atoms with Gasteiger partial charge in [0.1, 0.15) is 5.75 Å². The molecular formula is C21H28F2IN3O3. The van der Waals surface area contributed by atoms with Gasteiger partial charge in [0.25, 0.3) is 0 Å². The van der Waals surface area contributed by atoms with Crippen molar-refractivity contribution in [2.24, 2.45) is 4.99 Å². The maximum absolute atomic E-state index is 12.6. The molecule has 0 amide bonds. The molecule has 9 heteroatoms. The van der Waals surface area contributed by atoms with E-state index in [1.807, 2.05) is 32.0 Å². The minimum absolute atomic E-state index is 0. The summed E-state index contributed by atoms with van der Waals surface area (Å²) in [5.74, 6) is 2.02. The van der Waals surface area contributed by atoms with E-state index in [0.29, 0.717) is 36.2 Å². The molecule has 0 atom stereocenters. The van der Waals surface area contributed by atoms with E-state index in [1.165, 1.54) is 0 Å². The number of guanidine groups is 1. The molecular weight excluding hydrogens is 507 g/mol. The van der Waals surface area contributed by atoms with Crippen LogP contribution < -0.4 is 24.8 Å². The SMILES string of the molecule is CCOc1ccc(CNC(=NC)NCc2cc(C)ccc2OC(F)F)cc1OC.I. The first kappa shape index (κ1) is 25.7. The van der Waals surface area contributed by atoms with Gasteiger partial charge in [-0.2, -0.15) is 8.78 Å². The fourth-order valence-electron chi connectivity index (χ4n) is 2.74. The van der Waals surface area contributed by atoms with Crippen LogP contribution in [0, 0.1) is 6.92 Å². The van der Waals surface area contributed by atoms with E-state index in [-0.39, 0.29) is 36.3 Å². The van der Waals surface area contributed by atoms with Crippen molar-refractivity contribution in [3.63, 3.8) is 0 Å². The molecule has 0 aliphatic rings. The van der Waals surface area contributed by atoms with Crippen molar-refractivity contribution >= 4 is 29.9 Å². The zero-order valence-corrected chi connectivity index (χ0v) is 19.8. The first-order valence-corrected chi connectivity index (χ1v) is 9.25. The molecule has 0 saturated carbocycles. The minimum Gasteiger partial charge on any atom is -0.493 e. The Balaban J connectivity index is 0.00000450. The fourth-order valence-corrected chi connectivity index (χ4v) is 2.74. The minimum atomic E-state index is -2.87. The zero-order chi connectivity index (χ0) is 21.2. The number of rotatable bonds is 9. The first-order chi connectivity index (χ1) is 14.0. The number of alkyl halides is 2. The molecule has 2 aromatic carbocycles. The van der Waals surface area contributed by atoms with Crippen LogP contribution in [0.4, 0.5) is 8.78 Å². The number of ether oxygens (including phenoxy) is 3. The van der Waals surface area contributed by atoms with Gasteiger partial charge in [-0.3, -0.25) is 4.99 Å². The average Bonchev–Trinajstić information content (AvgIpc) is 2.70.